The van der Waals surface area contributed by atoms with Crippen molar-refractivity contribution in [1.82, 2.24) is 5.32 Å². The Hall–Kier alpha value is -2.71. The molecule has 4 N–H and O–H groups in total. The highest BCUT2D eigenvalue weighted by atomic mass is 19.2. The maximum Gasteiger partial charge on any atom is 0.412 e. The predicted molar refractivity (Wildman–Crippen MR) is 77.7 cm³/mol. The van der Waals surface area contributed by atoms with E-state index in [9.17, 15) is 23.2 Å². The van der Waals surface area contributed by atoms with Crippen LogP contribution in [0.4, 0.5) is 19.3 Å². The zero-order valence-corrected chi connectivity index (χ0v) is 12.8. The van der Waals surface area contributed by atoms with Crippen LogP contribution in [0.3, 0.4) is 0 Å². The van der Waals surface area contributed by atoms with Gasteiger partial charge >= 0.3 is 6.09 Å². The fourth-order valence-electron chi connectivity index (χ4n) is 1.51. The van der Waals surface area contributed by atoms with Crippen molar-refractivity contribution in [2.24, 2.45) is 5.73 Å². The minimum Gasteiger partial charge on any atom is -0.444 e. The van der Waals surface area contributed by atoms with E-state index in [-0.39, 0.29) is 11.3 Å². The summed E-state index contributed by atoms with van der Waals surface area (Å²) in [6, 6.07) is 1.23. The van der Waals surface area contributed by atoms with E-state index in [1.54, 1.807) is 20.8 Å². The minimum atomic E-state index is -1.29. The molecule has 0 saturated heterocycles. The number of nitrogens with one attached hydrogen (secondary N) is 2. The van der Waals surface area contributed by atoms with Crippen LogP contribution in [-0.2, 0) is 9.53 Å². The van der Waals surface area contributed by atoms with Crippen molar-refractivity contribution in [2.45, 2.75) is 26.4 Å². The van der Waals surface area contributed by atoms with Gasteiger partial charge in [-0.1, -0.05) is 0 Å². The molecular weight excluding hydrogens is 312 g/mol. The zero-order chi connectivity index (χ0) is 17.8. The molecule has 0 radical (unpaired) electrons. The molecule has 0 aliphatic carbocycles. The average molecular weight is 329 g/mol. The number of benzene rings is 1. The Morgan fingerprint density at radius 1 is 1.17 bits per heavy atom. The van der Waals surface area contributed by atoms with Gasteiger partial charge in [-0.15, -0.1) is 0 Å². The largest absolute Gasteiger partial charge is 0.444 e. The van der Waals surface area contributed by atoms with Gasteiger partial charge in [0, 0.05) is 6.07 Å². The van der Waals surface area contributed by atoms with Crippen LogP contribution >= 0.6 is 0 Å². The number of rotatable bonds is 4. The Bertz CT molecular complexity index is 642. The number of carbonyl (C=O) groups is 3. The second-order valence-electron chi connectivity index (χ2n) is 5.59. The molecular formula is C14H17F2N3O4. The van der Waals surface area contributed by atoms with E-state index in [1.165, 1.54) is 0 Å². The van der Waals surface area contributed by atoms with Gasteiger partial charge in [0.05, 0.1) is 17.8 Å². The molecule has 0 unspecified atom stereocenters. The van der Waals surface area contributed by atoms with Crippen molar-refractivity contribution in [3.63, 3.8) is 0 Å². The molecule has 7 nitrogen and oxygen atoms in total. The van der Waals surface area contributed by atoms with Crippen molar-refractivity contribution >= 4 is 23.6 Å². The number of primary amides is 1. The Labute approximate surface area is 131 Å². The van der Waals surface area contributed by atoms with Crippen LogP contribution in [0.5, 0.6) is 0 Å². The lowest BCUT2D eigenvalue weighted by molar-refractivity contribution is -0.117. The average Bonchev–Trinajstić information content (AvgIpc) is 2.37. The quantitative estimate of drug-likeness (QED) is 0.778. The molecule has 126 valence electrons. The molecule has 0 heterocycles. The van der Waals surface area contributed by atoms with Gasteiger partial charge in [-0.25, -0.2) is 13.6 Å². The highest BCUT2D eigenvalue weighted by Crippen LogP contribution is 2.21. The number of nitrogens with two attached hydrogens (primary N) is 1. The van der Waals surface area contributed by atoms with Crippen molar-refractivity contribution in [3.05, 3.63) is 29.3 Å². The van der Waals surface area contributed by atoms with Gasteiger partial charge in [0.1, 0.15) is 5.60 Å². The molecule has 0 aliphatic heterocycles. The van der Waals surface area contributed by atoms with Crippen LogP contribution in [0.2, 0.25) is 0 Å². The molecule has 0 aliphatic rings. The molecule has 0 saturated carbocycles. The molecule has 1 aromatic carbocycles. The number of ether oxygens (including phenoxy) is 1. The van der Waals surface area contributed by atoms with Crippen molar-refractivity contribution in [3.8, 4) is 0 Å². The smallest absolute Gasteiger partial charge is 0.412 e. The van der Waals surface area contributed by atoms with E-state index >= 15 is 0 Å². The SMILES string of the molecule is CC(C)(C)OC(=O)Nc1cc(F)c(F)cc1C(=O)NCC(N)=O. The third kappa shape index (κ3) is 5.89. The monoisotopic (exact) mass is 329 g/mol. The van der Waals surface area contributed by atoms with Crippen molar-refractivity contribution in [1.29, 1.82) is 0 Å². The number of hydrogen-bond donors (Lipinski definition) is 3. The topological polar surface area (TPSA) is 111 Å². The first-order valence-electron chi connectivity index (χ1n) is 6.55. The van der Waals surface area contributed by atoms with Crippen LogP contribution < -0.4 is 16.4 Å². The van der Waals surface area contributed by atoms with Gasteiger partial charge in [0.2, 0.25) is 5.91 Å². The van der Waals surface area contributed by atoms with E-state index in [2.05, 4.69) is 10.6 Å². The summed E-state index contributed by atoms with van der Waals surface area (Å²) in [7, 11) is 0. The fourth-order valence-corrected chi connectivity index (χ4v) is 1.51. The molecule has 0 atom stereocenters. The Morgan fingerprint density at radius 3 is 2.26 bits per heavy atom. The van der Waals surface area contributed by atoms with E-state index in [0.717, 1.165) is 0 Å². The first-order chi connectivity index (χ1) is 10.5. The number of carbonyl (C=O) groups excluding carboxylic acids is 3. The lowest BCUT2D eigenvalue weighted by atomic mass is 10.1. The van der Waals surface area contributed by atoms with Gasteiger partial charge in [-0.3, -0.25) is 14.9 Å². The second-order valence-corrected chi connectivity index (χ2v) is 5.59. The Kier molecular flexibility index (Phi) is 5.61. The standard InChI is InChI=1S/C14H17F2N3O4/c1-14(2,3)23-13(22)19-10-5-9(16)8(15)4-7(10)12(21)18-6-11(17)20/h4-5H,6H2,1-3H3,(H2,17,20)(H,18,21)(H,19,22). The van der Waals surface area contributed by atoms with Crippen molar-refractivity contribution < 1.29 is 27.9 Å². The first-order valence-corrected chi connectivity index (χ1v) is 6.55. The van der Waals surface area contributed by atoms with Gasteiger partial charge in [0.15, 0.2) is 11.6 Å². The summed E-state index contributed by atoms with van der Waals surface area (Å²) < 4.78 is 31.7. The number of anilines is 1. The molecule has 23 heavy (non-hydrogen) atoms. The summed E-state index contributed by atoms with van der Waals surface area (Å²) in [5.41, 5.74) is 3.38. The minimum absolute atomic E-state index is 0.305. The van der Waals surface area contributed by atoms with Gasteiger partial charge in [-0.2, -0.15) is 0 Å². The van der Waals surface area contributed by atoms with E-state index < -0.39 is 41.7 Å². The lowest BCUT2D eigenvalue weighted by Crippen LogP contribution is -2.34. The highest BCUT2D eigenvalue weighted by molar-refractivity contribution is 6.03. The maximum atomic E-state index is 13.4. The molecule has 0 bridgehead atoms. The summed E-state index contributed by atoms with van der Waals surface area (Å²) in [6.45, 7) is 4.33. The molecule has 3 amide bonds. The lowest BCUT2D eigenvalue weighted by Gasteiger charge is -2.20. The van der Waals surface area contributed by atoms with E-state index in [4.69, 9.17) is 10.5 Å². The summed E-state index contributed by atoms with van der Waals surface area (Å²) in [4.78, 5) is 34.3. The van der Waals surface area contributed by atoms with E-state index in [0.29, 0.717) is 12.1 Å². The van der Waals surface area contributed by atoms with Crippen LogP contribution in [0.25, 0.3) is 0 Å². The maximum absolute atomic E-state index is 13.4. The number of halogens is 2. The summed E-state index contributed by atoms with van der Waals surface area (Å²) in [6.07, 6.45) is -0.951. The predicted octanol–water partition coefficient (Wildman–Crippen LogP) is 1.53. The summed E-state index contributed by atoms with van der Waals surface area (Å²) >= 11 is 0. The highest BCUT2D eigenvalue weighted by Gasteiger charge is 2.21. The number of hydrogen-bond acceptors (Lipinski definition) is 4. The Balaban J connectivity index is 3.05. The van der Waals surface area contributed by atoms with Crippen LogP contribution in [-0.4, -0.2) is 30.1 Å². The molecule has 0 spiro atoms. The number of amides is 3. The van der Waals surface area contributed by atoms with Crippen molar-refractivity contribution in [2.75, 3.05) is 11.9 Å². The fraction of sp³-hybridized carbons (Fsp3) is 0.357. The third-order valence-corrected chi connectivity index (χ3v) is 2.36. The van der Waals surface area contributed by atoms with Crippen LogP contribution in [0, 0.1) is 11.6 Å². The van der Waals surface area contributed by atoms with Gasteiger partial charge in [0.25, 0.3) is 5.91 Å². The van der Waals surface area contributed by atoms with Crippen LogP contribution in [0.1, 0.15) is 31.1 Å². The van der Waals surface area contributed by atoms with Gasteiger partial charge in [-0.05, 0) is 26.8 Å². The normalized spacial score (nSPS) is 10.8. The van der Waals surface area contributed by atoms with Crippen LogP contribution in [0.15, 0.2) is 12.1 Å². The molecule has 9 heteroatoms. The summed E-state index contributed by atoms with van der Waals surface area (Å²) in [5, 5.41) is 4.27. The molecule has 0 aromatic heterocycles. The summed E-state index contributed by atoms with van der Waals surface area (Å²) in [5.74, 6) is -4.28. The zero-order valence-electron chi connectivity index (χ0n) is 12.8. The second kappa shape index (κ2) is 7.03. The third-order valence-electron chi connectivity index (χ3n) is 2.36. The Morgan fingerprint density at radius 2 is 1.74 bits per heavy atom. The molecule has 0 fully saturated rings. The molecule has 1 rings (SSSR count). The van der Waals surface area contributed by atoms with Gasteiger partial charge < -0.3 is 15.8 Å². The first kappa shape index (κ1) is 18.3. The molecule has 1 aromatic rings. The van der Waals surface area contributed by atoms with E-state index in [1.807, 2.05) is 0 Å².